The highest BCUT2D eigenvalue weighted by atomic mass is 35.5. The fraction of sp³-hybridized carbons (Fsp3) is 0.167. The lowest BCUT2D eigenvalue weighted by Crippen LogP contribution is -2.28. The zero-order valence-electron chi connectivity index (χ0n) is 16.2. The Labute approximate surface area is 180 Å². The Morgan fingerprint density at radius 1 is 0.931 bits per heavy atom. The normalized spacial score (nSPS) is 12.8. The van der Waals surface area contributed by atoms with Crippen LogP contribution in [0.4, 0.5) is 0 Å². The van der Waals surface area contributed by atoms with Crippen molar-refractivity contribution in [3.63, 3.8) is 0 Å². The number of hydrogen-bond acceptors (Lipinski definition) is 4. The highest BCUT2D eigenvalue weighted by Crippen LogP contribution is 2.35. The summed E-state index contributed by atoms with van der Waals surface area (Å²) in [6, 6.07) is 24.6. The van der Waals surface area contributed by atoms with E-state index in [1.54, 1.807) is 13.8 Å². The highest BCUT2D eigenvalue weighted by Gasteiger charge is 2.34. The smallest absolute Gasteiger partial charge is 0.331 e. The maximum absolute atomic E-state index is 12.6. The molecule has 0 N–H and O–H groups in total. The van der Waals surface area contributed by atoms with Crippen LogP contribution in [0.15, 0.2) is 83.8 Å². The topological polar surface area (TPSA) is 43.4 Å². The third-order valence-corrected chi connectivity index (χ3v) is 5.71. The van der Waals surface area contributed by atoms with Crippen molar-refractivity contribution >= 4 is 34.4 Å². The lowest BCUT2D eigenvalue weighted by Gasteiger charge is -2.21. The molecule has 29 heavy (non-hydrogen) atoms. The van der Waals surface area contributed by atoms with Crippen molar-refractivity contribution < 1.29 is 14.3 Å². The Balaban J connectivity index is 1.77. The number of rotatable bonds is 6. The minimum Gasteiger partial charge on any atom is -0.459 e. The van der Waals surface area contributed by atoms with E-state index < -0.39 is 10.8 Å². The third-order valence-electron chi connectivity index (χ3n) is 4.47. The van der Waals surface area contributed by atoms with E-state index in [0.29, 0.717) is 5.56 Å². The third kappa shape index (κ3) is 5.28. The van der Waals surface area contributed by atoms with Gasteiger partial charge in [0.05, 0.1) is 0 Å². The van der Waals surface area contributed by atoms with Crippen LogP contribution >= 0.6 is 23.4 Å². The van der Waals surface area contributed by atoms with E-state index in [1.165, 1.54) is 11.8 Å². The molecule has 3 rings (SSSR count). The van der Waals surface area contributed by atoms with Gasteiger partial charge in [-0.1, -0.05) is 84.6 Å². The van der Waals surface area contributed by atoms with Crippen LogP contribution in [0.2, 0.25) is 0 Å². The largest absolute Gasteiger partial charge is 0.459 e. The molecule has 0 saturated heterocycles. The molecule has 3 aromatic rings. The van der Waals surface area contributed by atoms with Gasteiger partial charge in [-0.2, -0.15) is 0 Å². The van der Waals surface area contributed by atoms with Gasteiger partial charge in [-0.3, -0.25) is 4.79 Å². The molecule has 0 aliphatic rings. The summed E-state index contributed by atoms with van der Waals surface area (Å²) in [5.74, 6) is -0.497. The van der Waals surface area contributed by atoms with Gasteiger partial charge in [-0.25, -0.2) is 4.79 Å². The molecule has 0 aliphatic carbocycles. The summed E-state index contributed by atoms with van der Waals surface area (Å²) in [6.45, 7) is 3.36. The Morgan fingerprint density at radius 2 is 1.55 bits per heavy atom. The summed E-state index contributed by atoms with van der Waals surface area (Å²) in [6.07, 6.45) is 0. The number of esters is 1. The van der Waals surface area contributed by atoms with Crippen LogP contribution in [0.25, 0.3) is 11.1 Å². The Kier molecular flexibility index (Phi) is 6.78. The molecule has 3 nitrogen and oxygen atoms in total. The average Bonchev–Trinajstić information content (AvgIpc) is 2.73. The van der Waals surface area contributed by atoms with E-state index in [9.17, 15) is 9.59 Å². The summed E-state index contributed by atoms with van der Waals surface area (Å²) in [7, 11) is 0. The molecule has 1 atom stereocenters. The van der Waals surface area contributed by atoms with Crippen LogP contribution < -0.4 is 0 Å². The first-order valence-electron chi connectivity index (χ1n) is 9.16. The van der Waals surface area contributed by atoms with Crippen LogP contribution in [-0.4, -0.2) is 11.1 Å². The van der Waals surface area contributed by atoms with Gasteiger partial charge in [0.15, 0.2) is 9.99 Å². The maximum atomic E-state index is 12.6. The quantitative estimate of drug-likeness (QED) is 0.269. The summed E-state index contributed by atoms with van der Waals surface area (Å²) in [5, 5.41) is 0.0311. The summed E-state index contributed by atoms with van der Waals surface area (Å²) >= 11 is 7.75. The van der Waals surface area contributed by atoms with Gasteiger partial charge >= 0.3 is 5.97 Å². The van der Waals surface area contributed by atoms with E-state index in [4.69, 9.17) is 16.3 Å². The number of benzene rings is 3. The molecule has 0 amide bonds. The number of thioether (sulfide) groups is 1. The molecule has 0 radical (unpaired) electrons. The van der Waals surface area contributed by atoms with E-state index in [-0.39, 0.29) is 11.7 Å². The number of carbonyl (C=O) groups excluding carboxylic acids is 2. The van der Waals surface area contributed by atoms with Crippen LogP contribution in [0.1, 0.15) is 25.0 Å². The standard InChI is InChI=1S/C24H21ClO3S/c1-17(26)29-22-11-7-6-10-21(22)19-12-14-20(15-13-19)24(2,25)23(27)28-16-18-8-4-3-5-9-18/h3-15H,16H2,1-2H3. The Morgan fingerprint density at radius 3 is 2.21 bits per heavy atom. The van der Waals surface area contributed by atoms with Crippen molar-refractivity contribution in [2.75, 3.05) is 0 Å². The lowest BCUT2D eigenvalue weighted by molar-refractivity contribution is -0.148. The molecular weight excluding hydrogens is 404 g/mol. The molecule has 0 heterocycles. The van der Waals surface area contributed by atoms with Gasteiger partial charge in [-0.15, -0.1) is 11.6 Å². The predicted molar refractivity (Wildman–Crippen MR) is 118 cm³/mol. The number of hydrogen-bond donors (Lipinski definition) is 0. The molecule has 0 saturated carbocycles. The minimum absolute atomic E-state index is 0.0311. The van der Waals surface area contributed by atoms with Gasteiger partial charge in [0, 0.05) is 11.8 Å². The van der Waals surface area contributed by atoms with E-state index in [0.717, 1.165) is 21.6 Å². The molecule has 148 valence electrons. The number of halogens is 1. The monoisotopic (exact) mass is 424 g/mol. The summed E-state index contributed by atoms with van der Waals surface area (Å²) in [5.41, 5.74) is 3.46. The van der Waals surface area contributed by atoms with E-state index in [2.05, 4.69) is 0 Å². The van der Waals surface area contributed by atoms with E-state index >= 15 is 0 Å². The van der Waals surface area contributed by atoms with Gasteiger partial charge < -0.3 is 4.74 Å². The summed E-state index contributed by atoms with van der Waals surface area (Å²) < 4.78 is 5.41. The van der Waals surface area contributed by atoms with Gasteiger partial charge in [0.1, 0.15) is 6.61 Å². The Hall–Kier alpha value is -2.56. The maximum Gasteiger partial charge on any atom is 0.331 e. The number of ether oxygens (including phenoxy) is 1. The first kappa shape index (κ1) is 21.2. The van der Waals surface area contributed by atoms with Crippen LogP contribution in [0, 0.1) is 0 Å². The second-order valence-electron chi connectivity index (χ2n) is 6.73. The van der Waals surface area contributed by atoms with Crippen molar-refractivity contribution in [1.29, 1.82) is 0 Å². The first-order valence-corrected chi connectivity index (χ1v) is 10.4. The average molecular weight is 425 g/mol. The van der Waals surface area contributed by atoms with Gasteiger partial charge in [-0.05, 0) is 35.2 Å². The second kappa shape index (κ2) is 9.29. The second-order valence-corrected chi connectivity index (χ2v) is 8.71. The molecule has 3 aromatic carbocycles. The molecule has 0 aliphatic heterocycles. The lowest BCUT2D eigenvalue weighted by atomic mass is 9.97. The molecule has 0 spiro atoms. The number of carbonyl (C=O) groups is 2. The molecule has 1 unspecified atom stereocenters. The SMILES string of the molecule is CC(=O)Sc1ccccc1-c1ccc(C(C)(Cl)C(=O)OCc2ccccc2)cc1. The highest BCUT2D eigenvalue weighted by molar-refractivity contribution is 8.13. The molecule has 0 fully saturated rings. The van der Waals surface area contributed by atoms with Crippen molar-refractivity contribution in [3.05, 3.63) is 90.0 Å². The van der Waals surface area contributed by atoms with Crippen LogP contribution in [0.3, 0.4) is 0 Å². The van der Waals surface area contributed by atoms with Crippen molar-refractivity contribution in [3.8, 4) is 11.1 Å². The van der Waals surface area contributed by atoms with Crippen molar-refractivity contribution in [1.82, 2.24) is 0 Å². The van der Waals surface area contributed by atoms with Crippen LogP contribution in [-0.2, 0) is 25.8 Å². The van der Waals surface area contributed by atoms with Crippen molar-refractivity contribution in [2.45, 2.75) is 30.2 Å². The molecular formula is C24H21ClO3S. The molecule has 0 aromatic heterocycles. The molecule has 5 heteroatoms. The zero-order valence-corrected chi connectivity index (χ0v) is 17.8. The minimum atomic E-state index is -1.29. The summed E-state index contributed by atoms with van der Waals surface area (Å²) in [4.78, 5) is 23.7. The fourth-order valence-corrected chi connectivity index (χ4v) is 3.82. The number of alkyl halides is 1. The predicted octanol–water partition coefficient (Wildman–Crippen LogP) is 6.19. The van der Waals surface area contributed by atoms with Gasteiger partial charge in [0.25, 0.3) is 0 Å². The van der Waals surface area contributed by atoms with Gasteiger partial charge in [0.2, 0.25) is 0 Å². The fourth-order valence-electron chi connectivity index (χ4n) is 2.89. The zero-order chi connectivity index (χ0) is 20.9. The first-order chi connectivity index (χ1) is 13.9. The van der Waals surface area contributed by atoms with Crippen LogP contribution in [0.5, 0.6) is 0 Å². The van der Waals surface area contributed by atoms with Crippen molar-refractivity contribution in [2.24, 2.45) is 0 Å². The Bertz CT molecular complexity index is 998. The van der Waals surface area contributed by atoms with E-state index in [1.807, 2.05) is 78.9 Å². The molecule has 0 bridgehead atoms.